The summed E-state index contributed by atoms with van der Waals surface area (Å²) in [5, 5.41) is 0. The molecule has 28 heavy (non-hydrogen) atoms. The minimum absolute atomic E-state index is 0.0295. The number of ketones is 1. The number of rotatable bonds is 4. The fourth-order valence-corrected chi connectivity index (χ4v) is 5.50. The molecule has 1 fully saturated rings. The first-order chi connectivity index (χ1) is 13.3. The number of likely N-dealkylation sites (tertiary alicyclic amines) is 1. The van der Waals surface area contributed by atoms with E-state index in [-0.39, 0.29) is 36.3 Å². The molecule has 8 nitrogen and oxygen atoms in total. The maximum absolute atomic E-state index is 13.2. The second-order valence-corrected chi connectivity index (χ2v) is 9.43. The second-order valence-electron chi connectivity index (χ2n) is 7.52. The fourth-order valence-electron chi connectivity index (χ4n) is 3.79. The number of hydrogen-bond donors (Lipinski definition) is 0. The lowest BCUT2D eigenvalue weighted by molar-refractivity contribution is -0.138. The highest BCUT2D eigenvalue weighted by molar-refractivity contribution is 7.89. The topological polar surface area (TPSA) is 93.2 Å². The quantitative estimate of drug-likeness (QED) is 0.733. The summed E-state index contributed by atoms with van der Waals surface area (Å²) < 4.78 is 38.5. The number of fused-ring (bicyclic) bond motifs is 1. The second kappa shape index (κ2) is 8.18. The molecule has 0 saturated carbocycles. The third kappa shape index (κ3) is 4.21. The summed E-state index contributed by atoms with van der Waals surface area (Å²) in [6.45, 7) is 2.76. The van der Waals surface area contributed by atoms with E-state index in [4.69, 9.17) is 9.47 Å². The van der Waals surface area contributed by atoms with Crippen molar-refractivity contribution in [2.24, 2.45) is 5.41 Å². The van der Waals surface area contributed by atoms with Crippen molar-refractivity contribution < 1.29 is 27.5 Å². The van der Waals surface area contributed by atoms with Crippen LogP contribution in [0.1, 0.15) is 19.8 Å². The molecule has 0 unspecified atom stereocenters. The highest BCUT2D eigenvalue weighted by atomic mass is 32.2. The van der Waals surface area contributed by atoms with E-state index in [1.54, 1.807) is 23.1 Å². The number of amides is 1. The maximum Gasteiger partial charge on any atom is 0.248 e. The zero-order valence-corrected chi connectivity index (χ0v) is 17.0. The van der Waals surface area contributed by atoms with Crippen LogP contribution < -0.4 is 4.74 Å². The average Bonchev–Trinajstić information content (AvgIpc) is 2.66. The zero-order chi connectivity index (χ0) is 20.4. The molecule has 1 saturated heterocycles. The van der Waals surface area contributed by atoms with Crippen LogP contribution in [0.5, 0.6) is 5.75 Å². The first-order valence-corrected chi connectivity index (χ1v) is 10.7. The molecule has 2 heterocycles. The van der Waals surface area contributed by atoms with Gasteiger partial charge in [-0.05, 0) is 31.9 Å². The molecule has 1 spiro atoms. The highest BCUT2D eigenvalue weighted by Crippen LogP contribution is 2.39. The highest BCUT2D eigenvalue weighted by Gasteiger charge is 2.43. The maximum atomic E-state index is 13.2. The monoisotopic (exact) mass is 410 g/mol. The molecule has 9 heteroatoms. The molecule has 2 aliphatic rings. The molecule has 2 aliphatic heterocycles. The van der Waals surface area contributed by atoms with Crippen molar-refractivity contribution >= 4 is 21.7 Å². The number of ether oxygens (including phenoxy) is 2. The molecule has 0 bridgehead atoms. The van der Waals surface area contributed by atoms with E-state index in [0.717, 1.165) is 0 Å². The van der Waals surface area contributed by atoms with Crippen LogP contribution in [0.25, 0.3) is 0 Å². The Morgan fingerprint density at radius 3 is 2.54 bits per heavy atom. The number of carbonyl (C=O) groups excluding carboxylic acids is 2. The third-order valence-electron chi connectivity index (χ3n) is 5.36. The predicted octanol–water partition coefficient (Wildman–Crippen LogP) is 0.914. The van der Waals surface area contributed by atoms with Crippen LogP contribution in [-0.4, -0.2) is 75.8 Å². The van der Waals surface area contributed by atoms with Gasteiger partial charge in [-0.3, -0.25) is 9.59 Å². The molecule has 3 rings (SSSR count). The van der Waals surface area contributed by atoms with Gasteiger partial charge in [-0.2, -0.15) is 4.31 Å². The minimum atomic E-state index is -3.86. The van der Waals surface area contributed by atoms with E-state index < -0.39 is 15.4 Å². The first kappa shape index (κ1) is 20.8. The van der Waals surface area contributed by atoms with Gasteiger partial charge in [0.2, 0.25) is 15.9 Å². The molecule has 154 valence electrons. The molecule has 0 aliphatic carbocycles. The van der Waals surface area contributed by atoms with Gasteiger partial charge in [-0.1, -0.05) is 12.1 Å². The smallest absolute Gasteiger partial charge is 0.248 e. The van der Waals surface area contributed by atoms with Crippen LogP contribution in [0.2, 0.25) is 0 Å². The minimum Gasteiger partial charge on any atom is -0.492 e. The van der Waals surface area contributed by atoms with Crippen molar-refractivity contribution in [1.82, 2.24) is 9.21 Å². The fraction of sp³-hybridized carbons (Fsp3) is 0.579. The molecular weight excluding hydrogens is 384 g/mol. The number of carbonyl (C=O) groups is 2. The lowest BCUT2D eigenvalue weighted by atomic mass is 9.78. The summed E-state index contributed by atoms with van der Waals surface area (Å²) in [4.78, 5) is 25.7. The van der Waals surface area contributed by atoms with Gasteiger partial charge in [0, 0.05) is 32.2 Å². The average molecular weight is 410 g/mol. The lowest BCUT2D eigenvalue weighted by Gasteiger charge is -2.44. The molecular formula is C19H26N2O6S. The number of nitrogens with zero attached hydrogens (tertiary/aromatic N) is 2. The van der Waals surface area contributed by atoms with Gasteiger partial charge in [0.05, 0.1) is 13.2 Å². The third-order valence-corrected chi connectivity index (χ3v) is 7.19. The largest absolute Gasteiger partial charge is 0.492 e. The standard InChI is InChI=1S/C19H26N2O6S/c1-15(22)11-21-13-19(7-9-20(10-8-19)18(23)12-26-2)14-27-16-5-3-4-6-17(16)28(21,24)25/h3-6H,7-14H2,1-2H3. The summed E-state index contributed by atoms with van der Waals surface area (Å²) in [6.07, 6.45) is 1.18. The van der Waals surface area contributed by atoms with Gasteiger partial charge in [0.15, 0.2) is 0 Å². The number of methoxy groups -OCH3 is 1. The van der Waals surface area contributed by atoms with Crippen LogP contribution in [-0.2, 0) is 24.3 Å². The van der Waals surface area contributed by atoms with Crippen molar-refractivity contribution in [1.29, 1.82) is 0 Å². The van der Waals surface area contributed by atoms with Crippen molar-refractivity contribution in [3.63, 3.8) is 0 Å². The van der Waals surface area contributed by atoms with Crippen LogP contribution >= 0.6 is 0 Å². The molecule has 1 aromatic rings. The number of Topliss-reactive ketones (excluding diaryl/α,β-unsaturated/α-hetero) is 1. The van der Waals surface area contributed by atoms with Gasteiger partial charge in [0.1, 0.15) is 23.0 Å². The molecule has 0 N–H and O–H groups in total. The number of para-hydroxylation sites is 1. The Hall–Kier alpha value is -1.97. The Balaban J connectivity index is 1.90. The summed E-state index contributed by atoms with van der Waals surface area (Å²) in [6, 6.07) is 6.50. The van der Waals surface area contributed by atoms with Crippen LogP contribution in [0.4, 0.5) is 0 Å². The van der Waals surface area contributed by atoms with E-state index >= 15 is 0 Å². The van der Waals surface area contributed by atoms with Gasteiger partial charge in [-0.25, -0.2) is 8.42 Å². The van der Waals surface area contributed by atoms with Gasteiger partial charge >= 0.3 is 0 Å². The van der Waals surface area contributed by atoms with Crippen molar-refractivity contribution in [2.75, 3.05) is 46.5 Å². The SMILES string of the molecule is COCC(=O)N1CCC2(CC1)COc1ccccc1S(=O)(=O)N(CC(C)=O)C2. The number of benzene rings is 1. The first-order valence-electron chi connectivity index (χ1n) is 9.26. The van der Waals surface area contributed by atoms with Gasteiger partial charge in [0.25, 0.3) is 0 Å². The Morgan fingerprint density at radius 1 is 1.21 bits per heavy atom. The predicted molar refractivity (Wildman–Crippen MR) is 101 cm³/mol. The van der Waals surface area contributed by atoms with Crippen LogP contribution in [0.3, 0.4) is 0 Å². The van der Waals surface area contributed by atoms with E-state index in [1.165, 1.54) is 24.4 Å². The Morgan fingerprint density at radius 2 is 1.89 bits per heavy atom. The normalized spacial score (nSPS) is 21.3. The van der Waals surface area contributed by atoms with Crippen molar-refractivity contribution in [3.8, 4) is 5.75 Å². The van der Waals surface area contributed by atoms with Crippen LogP contribution in [0, 0.1) is 5.41 Å². The Labute approximate surface area is 165 Å². The van der Waals surface area contributed by atoms with E-state index in [2.05, 4.69) is 0 Å². The summed E-state index contributed by atoms with van der Waals surface area (Å²) in [5.41, 5.74) is -0.458. The Bertz CT molecular complexity index is 846. The van der Waals surface area contributed by atoms with Crippen LogP contribution in [0.15, 0.2) is 29.2 Å². The summed E-state index contributed by atoms with van der Waals surface area (Å²) in [7, 11) is -2.38. The molecule has 1 amide bonds. The molecule has 0 aromatic heterocycles. The van der Waals surface area contributed by atoms with Gasteiger partial charge < -0.3 is 14.4 Å². The lowest BCUT2D eigenvalue weighted by Crippen LogP contribution is -2.53. The van der Waals surface area contributed by atoms with E-state index in [9.17, 15) is 18.0 Å². The van der Waals surface area contributed by atoms with E-state index in [1.807, 2.05) is 0 Å². The summed E-state index contributed by atoms with van der Waals surface area (Å²) >= 11 is 0. The Kier molecular flexibility index (Phi) is 6.07. The number of sulfonamides is 1. The molecule has 0 atom stereocenters. The van der Waals surface area contributed by atoms with Gasteiger partial charge in [-0.15, -0.1) is 0 Å². The number of hydrogen-bond acceptors (Lipinski definition) is 6. The molecule has 1 aromatic carbocycles. The van der Waals surface area contributed by atoms with Crippen molar-refractivity contribution in [3.05, 3.63) is 24.3 Å². The zero-order valence-electron chi connectivity index (χ0n) is 16.2. The van der Waals surface area contributed by atoms with Crippen molar-refractivity contribution in [2.45, 2.75) is 24.7 Å². The molecule has 0 radical (unpaired) electrons. The van der Waals surface area contributed by atoms with E-state index in [0.29, 0.717) is 38.3 Å². The summed E-state index contributed by atoms with van der Waals surface area (Å²) in [5.74, 6) is 0.00101. The number of piperidine rings is 1.